The third-order valence-corrected chi connectivity index (χ3v) is 2.90. The molecular weight excluding hydrogens is 303 g/mol. The van der Waals surface area contributed by atoms with E-state index in [1.54, 1.807) is 24.5 Å². The quantitative estimate of drug-likeness (QED) is 0.784. The molecule has 0 saturated heterocycles. The summed E-state index contributed by atoms with van der Waals surface area (Å²) in [7, 11) is 0. The topological polar surface area (TPSA) is 59.2 Å². The Balaban J connectivity index is 2.67. The highest BCUT2D eigenvalue weighted by molar-refractivity contribution is 7.80. The third-order valence-electron chi connectivity index (χ3n) is 2.70. The lowest BCUT2D eigenvalue weighted by Gasteiger charge is -2.23. The Labute approximate surface area is 126 Å². The molecule has 0 spiro atoms. The van der Waals surface area contributed by atoms with E-state index in [-0.39, 0.29) is 24.5 Å². The predicted molar refractivity (Wildman–Crippen MR) is 76.3 cm³/mol. The summed E-state index contributed by atoms with van der Waals surface area (Å²) < 4.78 is 36.6. The van der Waals surface area contributed by atoms with Crippen molar-refractivity contribution >= 4 is 23.1 Å². The molecule has 0 radical (unpaired) electrons. The van der Waals surface area contributed by atoms with Crippen LogP contribution in [0.4, 0.5) is 13.2 Å². The van der Waals surface area contributed by atoms with Gasteiger partial charge in [0.1, 0.15) is 0 Å². The molecule has 0 aromatic carbocycles. The van der Waals surface area contributed by atoms with Gasteiger partial charge in [-0.1, -0.05) is 18.3 Å². The van der Waals surface area contributed by atoms with Crippen LogP contribution in [-0.4, -0.2) is 33.5 Å². The molecule has 21 heavy (non-hydrogen) atoms. The summed E-state index contributed by atoms with van der Waals surface area (Å²) in [6, 6.07) is 3.44. The molecule has 0 unspecified atom stereocenters. The Bertz CT molecular complexity index is 479. The summed E-state index contributed by atoms with van der Waals surface area (Å²) in [6.45, 7) is 0.383. The van der Waals surface area contributed by atoms with Crippen LogP contribution in [0.2, 0.25) is 0 Å². The van der Waals surface area contributed by atoms with Crippen LogP contribution in [0.5, 0.6) is 0 Å². The van der Waals surface area contributed by atoms with E-state index >= 15 is 0 Å². The number of aromatic nitrogens is 1. The minimum Gasteiger partial charge on any atom is -0.393 e. The van der Waals surface area contributed by atoms with Crippen molar-refractivity contribution in [3.05, 3.63) is 30.1 Å². The van der Waals surface area contributed by atoms with Gasteiger partial charge in [-0.2, -0.15) is 13.2 Å². The zero-order valence-electron chi connectivity index (χ0n) is 11.3. The maximum atomic E-state index is 12.2. The number of amides is 1. The number of halogens is 3. The van der Waals surface area contributed by atoms with E-state index in [0.717, 1.165) is 5.56 Å². The lowest BCUT2D eigenvalue weighted by Crippen LogP contribution is -2.34. The number of nitrogens with two attached hydrogens (primary N) is 1. The minimum absolute atomic E-state index is 0.188. The highest BCUT2D eigenvalue weighted by Gasteiger charge is 2.29. The van der Waals surface area contributed by atoms with Gasteiger partial charge in [0.05, 0.1) is 11.4 Å². The van der Waals surface area contributed by atoms with Crippen molar-refractivity contribution in [2.45, 2.75) is 32.0 Å². The zero-order chi connectivity index (χ0) is 15.9. The van der Waals surface area contributed by atoms with Gasteiger partial charge in [-0.3, -0.25) is 9.78 Å². The fraction of sp³-hybridized carbons (Fsp3) is 0.462. The average molecular weight is 319 g/mol. The van der Waals surface area contributed by atoms with E-state index in [2.05, 4.69) is 4.98 Å². The van der Waals surface area contributed by atoms with E-state index in [1.165, 1.54) is 4.90 Å². The molecule has 1 aromatic rings. The standard InChI is InChI=1S/C13H16F3N3OS/c14-13(15,16)5-3-12(20)19(7-4-11(17)21)9-10-2-1-6-18-8-10/h1-2,6,8H,3-5,7,9H2,(H2,17,21). The van der Waals surface area contributed by atoms with Crippen molar-refractivity contribution in [3.63, 3.8) is 0 Å². The zero-order valence-corrected chi connectivity index (χ0v) is 12.1. The van der Waals surface area contributed by atoms with Crippen LogP contribution in [0.25, 0.3) is 0 Å². The Kier molecular flexibility index (Phi) is 6.54. The Morgan fingerprint density at radius 3 is 2.62 bits per heavy atom. The van der Waals surface area contributed by atoms with Crippen molar-refractivity contribution in [2.24, 2.45) is 5.73 Å². The summed E-state index contributed by atoms with van der Waals surface area (Å²) in [5, 5.41) is 0. The van der Waals surface area contributed by atoms with Crippen molar-refractivity contribution in [1.29, 1.82) is 0 Å². The van der Waals surface area contributed by atoms with Gasteiger partial charge in [-0.25, -0.2) is 0 Å². The van der Waals surface area contributed by atoms with Gasteiger partial charge in [0.2, 0.25) is 5.91 Å². The number of nitrogens with zero attached hydrogens (tertiary/aromatic N) is 2. The first-order chi connectivity index (χ1) is 9.78. The number of alkyl halides is 3. The molecule has 4 nitrogen and oxygen atoms in total. The second-order valence-electron chi connectivity index (χ2n) is 4.51. The van der Waals surface area contributed by atoms with Crippen molar-refractivity contribution in [3.8, 4) is 0 Å². The third kappa shape index (κ3) is 7.60. The molecule has 0 atom stereocenters. The number of rotatable bonds is 7. The number of pyridine rings is 1. The Morgan fingerprint density at radius 2 is 2.10 bits per heavy atom. The second-order valence-corrected chi connectivity index (χ2v) is 5.03. The van der Waals surface area contributed by atoms with Gasteiger partial charge in [0.15, 0.2) is 0 Å². The van der Waals surface area contributed by atoms with E-state index in [4.69, 9.17) is 18.0 Å². The lowest BCUT2D eigenvalue weighted by atomic mass is 10.2. The van der Waals surface area contributed by atoms with Crippen LogP contribution in [0.3, 0.4) is 0 Å². The van der Waals surface area contributed by atoms with Crippen LogP contribution in [-0.2, 0) is 11.3 Å². The lowest BCUT2D eigenvalue weighted by molar-refractivity contribution is -0.149. The monoisotopic (exact) mass is 319 g/mol. The molecule has 1 aromatic heterocycles. The van der Waals surface area contributed by atoms with E-state index < -0.39 is 24.9 Å². The highest BCUT2D eigenvalue weighted by Crippen LogP contribution is 2.22. The van der Waals surface area contributed by atoms with Crippen LogP contribution in [0.15, 0.2) is 24.5 Å². The van der Waals surface area contributed by atoms with Gasteiger partial charge in [-0.05, 0) is 11.6 Å². The first kappa shape index (κ1) is 17.4. The molecule has 1 amide bonds. The number of thiocarbonyl (C=S) groups is 1. The Morgan fingerprint density at radius 1 is 1.38 bits per heavy atom. The summed E-state index contributed by atoms with van der Waals surface area (Å²) in [6.07, 6.45) is -2.66. The van der Waals surface area contributed by atoms with E-state index in [9.17, 15) is 18.0 Å². The molecule has 1 heterocycles. The SMILES string of the molecule is NC(=S)CCN(Cc1cccnc1)C(=O)CCC(F)(F)F. The summed E-state index contributed by atoms with van der Waals surface area (Å²) in [4.78, 5) is 17.4. The molecule has 1 rings (SSSR count). The van der Waals surface area contributed by atoms with Crippen LogP contribution in [0, 0.1) is 0 Å². The number of carbonyl (C=O) groups is 1. The molecule has 0 saturated carbocycles. The highest BCUT2D eigenvalue weighted by atomic mass is 32.1. The molecule has 0 aliphatic carbocycles. The normalized spacial score (nSPS) is 11.2. The summed E-state index contributed by atoms with van der Waals surface area (Å²) in [5.74, 6) is -0.576. The number of carbonyl (C=O) groups excluding carboxylic acids is 1. The molecular formula is C13H16F3N3OS. The Hall–Kier alpha value is -1.70. The van der Waals surface area contributed by atoms with E-state index in [1.807, 2.05) is 0 Å². The number of hydrogen-bond acceptors (Lipinski definition) is 3. The average Bonchev–Trinajstić information content (AvgIpc) is 2.41. The van der Waals surface area contributed by atoms with Crippen molar-refractivity contribution in [1.82, 2.24) is 9.88 Å². The molecule has 2 N–H and O–H groups in total. The van der Waals surface area contributed by atoms with Crippen LogP contribution in [0.1, 0.15) is 24.8 Å². The second kappa shape index (κ2) is 7.92. The maximum absolute atomic E-state index is 12.2. The minimum atomic E-state index is -4.35. The smallest absolute Gasteiger partial charge is 0.389 e. The molecule has 0 aliphatic rings. The van der Waals surface area contributed by atoms with Gasteiger partial charge in [0, 0.05) is 38.3 Å². The molecule has 0 bridgehead atoms. The van der Waals surface area contributed by atoms with E-state index in [0.29, 0.717) is 0 Å². The first-order valence-electron chi connectivity index (χ1n) is 6.29. The number of hydrogen-bond donors (Lipinski definition) is 1. The molecule has 8 heteroatoms. The van der Waals surface area contributed by atoms with Crippen molar-refractivity contribution < 1.29 is 18.0 Å². The van der Waals surface area contributed by atoms with Gasteiger partial charge >= 0.3 is 6.18 Å². The first-order valence-corrected chi connectivity index (χ1v) is 6.70. The van der Waals surface area contributed by atoms with Gasteiger partial charge < -0.3 is 10.6 Å². The fourth-order valence-corrected chi connectivity index (χ4v) is 1.75. The van der Waals surface area contributed by atoms with Crippen LogP contribution < -0.4 is 5.73 Å². The summed E-state index contributed by atoms with van der Waals surface area (Å²) >= 11 is 4.74. The van der Waals surface area contributed by atoms with Gasteiger partial charge in [-0.15, -0.1) is 0 Å². The molecule has 0 fully saturated rings. The van der Waals surface area contributed by atoms with Gasteiger partial charge in [0.25, 0.3) is 0 Å². The molecule has 116 valence electrons. The predicted octanol–water partition coefficient (Wildman–Crippen LogP) is 2.43. The summed E-state index contributed by atoms with van der Waals surface area (Å²) in [5.41, 5.74) is 6.12. The largest absolute Gasteiger partial charge is 0.393 e. The fourth-order valence-electron chi connectivity index (χ4n) is 1.66. The van der Waals surface area contributed by atoms with Crippen molar-refractivity contribution in [2.75, 3.05) is 6.54 Å². The molecule has 0 aliphatic heterocycles. The van der Waals surface area contributed by atoms with Crippen LogP contribution >= 0.6 is 12.2 Å². The maximum Gasteiger partial charge on any atom is 0.389 e.